The summed E-state index contributed by atoms with van der Waals surface area (Å²) >= 11 is 6.21. The minimum atomic E-state index is -0.0662. The first kappa shape index (κ1) is 23.4. The normalized spacial score (nSPS) is 10.9. The van der Waals surface area contributed by atoms with Crippen molar-refractivity contribution >= 4 is 17.5 Å². The summed E-state index contributed by atoms with van der Waals surface area (Å²) in [5.74, 6) is 2.21. The Morgan fingerprint density at radius 2 is 1.88 bits per heavy atom. The number of aromatic nitrogens is 4. The number of hydrogen-bond acceptors (Lipinski definition) is 8. The Kier molecular flexibility index (Phi) is 7.54. The van der Waals surface area contributed by atoms with Gasteiger partial charge in [0.25, 0.3) is 0 Å². The molecule has 2 aromatic carbocycles. The van der Waals surface area contributed by atoms with E-state index in [1.165, 1.54) is 0 Å². The molecular formula is C24H24ClN5O4. The van der Waals surface area contributed by atoms with Crippen molar-refractivity contribution < 1.29 is 18.5 Å². The average Bonchev–Trinajstić information content (AvgIpc) is 3.52. The van der Waals surface area contributed by atoms with Gasteiger partial charge in [-0.3, -0.25) is 4.79 Å². The lowest BCUT2D eigenvalue weighted by atomic mass is 10.2. The van der Waals surface area contributed by atoms with Crippen molar-refractivity contribution in [2.45, 2.75) is 32.7 Å². The number of halogens is 1. The van der Waals surface area contributed by atoms with Gasteiger partial charge in [-0.25, -0.2) is 0 Å². The van der Waals surface area contributed by atoms with E-state index < -0.39 is 0 Å². The lowest BCUT2D eigenvalue weighted by Gasteiger charge is -2.19. The number of nitrogens with zero attached hydrogens (tertiary/aromatic N) is 5. The molecule has 0 aliphatic carbocycles. The van der Waals surface area contributed by atoms with Gasteiger partial charge in [0.2, 0.25) is 29.4 Å². The van der Waals surface area contributed by atoms with Crippen LogP contribution in [0.25, 0.3) is 22.8 Å². The monoisotopic (exact) mass is 481 g/mol. The molecule has 0 bridgehead atoms. The average molecular weight is 482 g/mol. The van der Waals surface area contributed by atoms with Crippen molar-refractivity contribution in [3.63, 3.8) is 0 Å². The summed E-state index contributed by atoms with van der Waals surface area (Å²) in [6.45, 7) is 2.77. The lowest BCUT2D eigenvalue weighted by Crippen LogP contribution is -2.31. The SMILES string of the molecule is CCCN(Cc1nnc(-c2ccccc2Cl)o1)C(=O)CCc1nc(-c2ccc(OC)cc2)no1. The molecule has 2 heterocycles. The van der Waals surface area contributed by atoms with E-state index in [2.05, 4.69) is 20.3 Å². The number of benzene rings is 2. The fourth-order valence-electron chi connectivity index (χ4n) is 3.37. The third-order valence-electron chi connectivity index (χ3n) is 5.11. The van der Waals surface area contributed by atoms with Crippen LogP contribution in [-0.2, 0) is 17.8 Å². The van der Waals surface area contributed by atoms with Gasteiger partial charge in [-0.2, -0.15) is 4.98 Å². The van der Waals surface area contributed by atoms with Gasteiger partial charge in [0.05, 0.1) is 24.2 Å². The molecule has 0 spiro atoms. The third-order valence-corrected chi connectivity index (χ3v) is 5.44. The molecule has 0 fully saturated rings. The molecule has 0 radical (unpaired) electrons. The molecule has 1 amide bonds. The smallest absolute Gasteiger partial charge is 0.249 e. The number of carbonyl (C=O) groups excluding carboxylic acids is 1. The van der Waals surface area contributed by atoms with Crippen LogP contribution in [0.5, 0.6) is 5.75 Å². The zero-order valence-corrected chi connectivity index (χ0v) is 19.7. The van der Waals surface area contributed by atoms with E-state index in [0.717, 1.165) is 17.7 Å². The van der Waals surface area contributed by atoms with E-state index in [0.29, 0.717) is 47.0 Å². The maximum absolute atomic E-state index is 12.9. The maximum atomic E-state index is 12.9. The number of carbonyl (C=O) groups is 1. The van der Waals surface area contributed by atoms with Crippen molar-refractivity contribution in [2.75, 3.05) is 13.7 Å². The predicted molar refractivity (Wildman–Crippen MR) is 125 cm³/mol. The van der Waals surface area contributed by atoms with E-state index in [9.17, 15) is 4.79 Å². The van der Waals surface area contributed by atoms with Crippen LogP contribution in [0.15, 0.2) is 57.5 Å². The van der Waals surface area contributed by atoms with Gasteiger partial charge in [-0.15, -0.1) is 10.2 Å². The summed E-state index contributed by atoms with van der Waals surface area (Å²) in [6, 6.07) is 14.6. The first-order valence-corrected chi connectivity index (χ1v) is 11.3. The van der Waals surface area contributed by atoms with E-state index in [-0.39, 0.29) is 18.9 Å². The number of methoxy groups -OCH3 is 1. The second-order valence-electron chi connectivity index (χ2n) is 7.54. The number of amides is 1. The molecule has 10 heteroatoms. The molecule has 0 atom stereocenters. The van der Waals surface area contributed by atoms with E-state index in [1.807, 2.05) is 43.3 Å². The Labute approximate surface area is 201 Å². The fourth-order valence-corrected chi connectivity index (χ4v) is 3.59. The first-order chi connectivity index (χ1) is 16.6. The topological polar surface area (TPSA) is 107 Å². The summed E-state index contributed by atoms with van der Waals surface area (Å²) in [7, 11) is 1.61. The molecule has 34 heavy (non-hydrogen) atoms. The summed E-state index contributed by atoms with van der Waals surface area (Å²) < 4.78 is 16.3. The van der Waals surface area contributed by atoms with E-state index >= 15 is 0 Å². The van der Waals surface area contributed by atoms with Crippen LogP contribution in [0.4, 0.5) is 0 Å². The maximum Gasteiger partial charge on any atom is 0.249 e. The standard InChI is InChI=1S/C24H24ClN5O4/c1-3-14-30(15-21-27-28-24(33-21)18-6-4-5-7-19(18)25)22(31)13-12-20-26-23(29-34-20)16-8-10-17(32-2)11-9-16/h4-11H,3,12-15H2,1-2H3. The molecule has 0 aliphatic rings. The molecule has 2 aromatic heterocycles. The highest BCUT2D eigenvalue weighted by atomic mass is 35.5. The summed E-state index contributed by atoms with van der Waals surface area (Å²) in [4.78, 5) is 19.0. The van der Waals surface area contributed by atoms with Crippen LogP contribution in [0.1, 0.15) is 31.5 Å². The van der Waals surface area contributed by atoms with Crippen molar-refractivity contribution in [1.29, 1.82) is 0 Å². The van der Waals surface area contributed by atoms with Crippen molar-refractivity contribution in [3.8, 4) is 28.6 Å². The Morgan fingerprint density at radius 1 is 1.09 bits per heavy atom. The minimum absolute atomic E-state index is 0.0662. The van der Waals surface area contributed by atoms with Crippen molar-refractivity contribution in [3.05, 3.63) is 65.3 Å². The molecule has 0 saturated carbocycles. The van der Waals surface area contributed by atoms with E-state index in [4.69, 9.17) is 25.3 Å². The third kappa shape index (κ3) is 5.60. The number of aryl methyl sites for hydroxylation is 1. The van der Waals surface area contributed by atoms with Gasteiger partial charge in [-0.05, 0) is 42.8 Å². The predicted octanol–water partition coefficient (Wildman–Crippen LogP) is 4.82. The second kappa shape index (κ2) is 10.9. The Bertz CT molecular complexity index is 1240. The van der Waals surface area contributed by atoms with Gasteiger partial charge >= 0.3 is 0 Å². The van der Waals surface area contributed by atoms with E-state index in [1.54, 1.807) is 24.1 Å². The van der Waals surface area contributed by atoms with Crippen LogP contribution >= 0.6 is 11.6 Å². The first-order valence-electron chi connectivity index (χ1n) is 10.9. The number of rotatable bonds is 10. The van der Waals surface area contributed by atoms with Crippen LogP contribution in [0.2, 0.25) is 5.02 Å². The van der Waals surface area contributed by atoms with Crippen LogP contribution in [-0.4, -0.2) is 44.8 Å². The van der Waals surface area contributed by atoms with Gasteiger partial charge in [0, 0.05) is 24.9 Å². The summed E-state index contributed by atoms with van der Waals surface area (Å²) in [5.41, 5.74) is 1.46. The zero-order valence-electron chi connectivity index (χ0n) is 18.9. The molecule has 176 valence electrons. The molecule has 0 aliphatic heterocycles. The van der Waals surface area contributed by atoms with Crippen molar-refractivity contribution in [1.82, 2.24) is 25.2 Å². The Hall–Kier alpha value is -3.72. The molecule has 4 aromatic rings. The molecular weight excluding hydrogens is 458 g/mol. The molecule has 9 nitrogen and oxygen atoms in total. The van der Waals surface area contributed by atoms with Gasteiger partial charge in [-0.1, -0.05) is 35.8 Å². The summed E-state index contributed by atoms with van der Waals surface area (Å²) in [6.07, 6.45) is 1.34. The lowest BCUT2D eigenvalue weighted by molar-refractivity contribution is -0.132. The Morgan fingerprint density at radius 3 is 2.62 bits per heavy atom. The highest BCUT2D eigenvalue weighted by Crippen LogP contribution is 2.26. The van der Waals surface area contributed by atoms with Gasteiger partial charge < -0.3 is 18.6 Å². The Balaban J connectivity index is 1.37. The highest BCUT2D eigenvalue weighted by molar-refractivity contribution is 6.33. The minimum Gasteiger partial charge on any atom is -0.497 e. The van der Waals surface area contributed by atoms with Gasteiger partial charge in [0.1, 0.15) is 5.75 Å². The molecule has 0 saturated heterocycles. The molecule has 4 rings (SSSR count). The zero-order chi connectivity index (χ0) is 23.9. The molecule has 0 unspecified atom stereocenters. The quantitative estimate of drug-likeness (QED) is 0.317. The van der Waals surface area contributed by atoms with Gasteiger partial charge in [0.15, 0.2) is 0 Å². The summed E-state index contributed by atoms with van der Waals surface area (Å²) in [5, 5.41) is 12.7. The highest BCUT2D eigenvalue weighted by Gasteiger charge is 2.19. The number of hydrogen-bond donors (Lipinski definition) is 0. The largest absolute Gasteiger partial charge is 0.497 e. The van der Waals surface area contributed by atoms with Crippen LogP contribution < -0.4 is 4.74 Å². The van der Waals surface area contributed by atoms with Crippen LogP contribution in [0.3, 0.4) is 0 Å². The number of ether oxygens (including phenoxy) is 1. The molecule has 0 N–H and O–H groups in total. The van der Waals surface area contributed by atoms with Crippen molar-refractivity contribution in [2.24, 2.45) is 0 Å². The van der Waals surface area contributed by atoms with Crippen LogP contribution in [0, 0.1) is 0 Å². The second-order valence-corrected chi connectivity index (χ2v) is 7.94. The fraction of sp³-hybridized carbons (Fsp3) is 0.292.